The number of nitrogens with zero attached hydrogens (tertiary/aromatic N) is 1. The second kappa shape index (κ2) is 7.53. The SMILES string of the molecule is CC(=O)c1ccc(NCN2C(=O)S/C(=C/c3ccccc3F)C2=O)cc1. The highest BCUT2D eigenvalue weighted by Crippen LogP contribution is 2.32. The van der Waals surface area contributed by atoms with E-state index in [0.717, 1.165) is 16.7 Å². The molecule has 1 fully saturated rings. The fourth-order valence-corrected chi connectivity index (χ4v) is 3.19. The Morgan fingerprint density at radius 1 is 1.15 bits per heavy atom. The van der Waals surface area contributed by atoms with E-state index in [1.165, 1.54) is 25.1 Å². The van der Waals surface area contributed by atoms with Crippen molar-refractivity contribution in [2.24, 2.45) is 0 Å². The molecule has 3 rings (SSSR count). The number of thioether (sulfide) groups is 1. The van der Waals surface area contributed by atoms with Gasteiger partial charge in [-0.3, -0.25) is 19.3 Å². The van der Waals surface area contributed by atoms with Gasteiger partial charge in [0.25, 0.3) is 11.1 Å². The van der Waals surface area contributed by atoms with Crippen LogP contribution in [0.25, 0.3) is 6.08 Å². The van der Waals surface area contributed by atoms with Crippen molar-refractivity contribution in [2.45, 2.75) is 6.92 Å². The molecule has 1 saturated heterocycles. The Hall–Kier alpha value is -2.93. The zero-order valence-electron chi connectivity index (χ0n) is 13.9. The minimum atomic E-state index is -0.476. The number of amides is 2. The lowest BCUT2D eigenvalue weighted by Gasteiger charge is -2.14. The van der Waals surface area contributed by atoms with Crippen molar-refractivity contribution in [1.29, 1.82) is 0 Å². The average Bonchev–Trinajstić information content (AvgIpc) is 2.89. The number of halogens is 1. The first-order valence-corrected chi connectivity index (χ1v) is 8.62. The molecule has 1 heterocycles. The number of anilines is 1. The Morgan fingerprint density at radius 3 is 2.50 bits per heavy atom. The number of imide groups is 1. The van der Waals surface area contributed by atoms with E-state index in [-0.39, 0.29) is 22.9 Å². The molecule has 26 heavy (non-hydrogen) atoms. The lowest BCUT2D eigenvalue weighted by Crippen LogP contribution is -2.33. The lowest BCUT2D eigenvalue weighted by molar-refractivity contribution is -0.122. The van der Waals surface area contributed by atoms with Crippen LogP contribution in [0, 0.1) is 5.82 Å². The molecule has 0 bridgehead atoms. The molecule has 0 aromatic heterocycles. The summed E-state index contributed by atoms with van der Waals surface area (Å²) in [5.74, 6) is -0.972. The topological polar surface area (TPSA) is 66.5 Å². The number of hydrogen-bond acceptors (Lipinski definition) is 5. The second-order valence-corrected chi connectivity index (χ2v) is 6.59. The van der Waals surface area contributed by atoms with E-state index < -0.39 is 17.0 Å². The van der Waals surface area contributed by atoms with E-state index in [9.17, 15) is 18.8 Å². The zero-order chi connectivity index (χ0) is 18.7. The van der Waals surface area contributed by atoms with Crippen LogP contribution in [-0.4, -0.2) is 28.5 Å². The smallest absolute Gasteiger partial charge is 0.295 e. The summed E-state index contributed by atoms with van der Waals surface area (Å²) in [6, 6.07) is 12.8. The van der Waals surface area contributed by atoms with Crippen LogP contribution in [0.15, 0.2) is 53.4 Å². The van der Waals surface area contributed by atoms with Crippen LogP contribution in [0.2, 0.25) is 0 Å². The Morgan fingerprint density at radius 2 is 1.85 bits per heavy atom. The van der Waals surface area contributed by atoms with E-state index >= 15 is 0 Å². The number of benzene rings is 2. The number of carbonyl (C=O) groups excluding carboxylic acids is 3. The summed E-state index contributed by atoms with van der Waals surface area (Å²) in [6.45, 7) is 1.46. The number of ketones is 1. The molecule has 132 valence electrons. The van der Waals surface area contributed by atoms with E-state index in [1.807, 2.05) is 0 Å². The van der Waals surface area contributed by atoms with Crippen molar-refractivity contribution in [1.82, 2.24) is 4.90 Å². The minimum Gasteiger partial charge on any atom is -0.367 e. The molecule has 2 aromatic carbocycles. The average molecular weight is 370 g/mol. The maximum Gasteiger partial charge on any atom is 0.295 e. The van der Waals surface area contributed by atoms with Gasteiger partial charge in [-0.1, -0.05) is 18.2 Å². The van der Waals surface area contributed by atoms with E-state index in [1.54, 1.807) is 36.4 Å². The summed E-state index contributed by atoms with van der Waals surface area (Å²) in [4.78, 5) is 37.0. The minimum absolute atomic E-state index is 0.0152. The van der Waals surface area contributed by atoms with Crippen LogP contribution >= 0.6 is 11.8 Å². The van der Waals surface area contributed by atoms with Crippen molar-refractivity contribution in [3.05, 3.63) is 70.4 Å². The maximum absolute atomic E-state index is 13.7. The van der Waals surface area contributed by atoms with Crippen LogP contribution in [0.1, 0.15) is 22.8 Å². The molecule has 0 saturated carbocycles. The molecule has 1 N–H and O–H groups in total. The predicted octanol–water partition coefficient (Wildman–Crippen LogP) is 4.13. The van der Waals surface area contributed by atoms with Gasteiger partial charge in [0.1, 0.15) is 5.82 Å². The van der Waals surface area contributed by atoms with Gasteiger partial charge in [0.2, 0.25) is 0 Å². The molecule has 5 nitrogen and oxygen atoms in total. The summed E-state index contributed by atoms with van der Waals surface area (Å²) in [5, 5.41) is 2.54. The van der Waals surface area contributed by atoms with Gasteiger partial charge in [-0.25, -0.2) is 4.39 Å². The number of nitrogens with one attached hydrogen (secondary N) is 1. The highest BCUT2D eigenvalue weighted by atomic mass is 32.2. The highest BCUT2D eigenvalue weighted by molar-refractivity contribution is 8.18. The second-order valence-electron chi connectivity index (χ2n) is 5.60. The highest BCUT2D eigenvalue weighted by Gasteiger charge is 2.34. The fraction of sp³-hybridized carbons (Fsp3) is 0.105. The summed E-state index contributed by atoms with van der Waals surface area (Å²) in [7, 11) is 0. The van der Waals surface area contributed by atoms with Crippen molar-refractivity contribution in [2.75, 3.05) is 12.0 Å². The Labute approximate surface area is 153 Å². The Kier molecular flexibility index (Phi) is 5.18. The third kappa shape index (κ3) is 3.83. The summed E-state index contributed by atoms with van der Waals surface area (Å²) < 4.78 is 13.7. The zero-order valence-corrected chi connectivity index (χ0v) is 14.7. The van der Waals surface area contributed by atoms with E-state index in [0.29, 0.717) is 11.3 Å². The molecular formula is C19H15FN2O3S. The molecule has 1 aliphatic heterocycles. The van der Waals surface area contributed by atoms with Gasteiger partial charge in [-0.15, -0.1) is 0 Å². The Bertz CT molecular complexity index is 909. The normalized spacial score (nSPS) is 15.6. The standard InChI is InChI=1S/C19H15FN2O3S/c1-12(23)13-6-8-15(9-7-13)21-11-22-18(24)17(26-19(22)25)10-14-4-2-3-5-16(14)20/h2-10,21H,11H2,1H3/b17-10+. The number of Topliss-reactive ketones (excluding diaryl/α,β-unsaturated/α-hetero) is 1. The predicted molar refractivity (Wildman–Crippen MR) is 99.1 cm³/mol. The van der Waals surface area contributed by atoms with Crippen molar-refractivity contribution < 1.29 is 18.8 Å². The van der Waals surface area contributed by atoms with Crippen LogP contribution in [0.5, 0.6) is 0 Å². The van der Waals surface area contributed by atoms with Gasteiger partial charge in [0.15, 0.2) is 5.78 Å². The molecule has 0 atom stereocenters. The third-order valence-corrected chi connectivity index (χ3v) is 4.71. The van der Waals surface area contributed by atoms with Crippen LogP contribution in [0.4, 0.5) is 14.9 Å². The van der Waals surface area contributed by atoms with Gasteiger partial charge >= 0.3 is 0 Å². The van der Waals surface area contributed by atoms with Gasteiger partial charge in [0, 0.05) is 16.8 Å². The number of hydrogen-bond donors (Lipinski definition) is 1. The quantitative estimate of drug-likeness (QED) is 0.633. The molecule has 0 unspecified atom stereocenters. The molecule has 2 amide bonds. The van der Waals surface area contributed by atoms with E-state index in [4.69, 9.17) is 0 Å². The fourth-order valence-electron chi connectivity index (χ4n) is 2.36. The van der Waals surface area contributed by atoms with Gasteiger partial charge in [0.05, 0.1) is 11.6 Å². The summed E-state index contributed by atoms with van der Waals surface area (Å²) in [6.07, 6.45) is 1.38. The van der Waals surface area contributed by atoms with Crippen LogP contribution < -0.4 is 5.32 Å². The number of carbonyl (C=O) groups is 3. The van der Waals surface area contributed by atoms with Crippen molar-refractivity contribution in [3.63, 3.8) is 0 Å². The summed E-state index contributed by atoms with van der Waals surface area (Å²) in [5.41, 5.74) is 1.51. The van der Waals surface area contributed by atoms with Gasteiger partial charge in [-0.2, -0.15) is 0 Å². The summed E-state index contributed by atoms with van der Waals surface area (Å²) >= 11 is 0.774. The molecule has 0 aliphatic carbocycles. The van der Waals surface area contributed by atoms with Crippen molar-refractivity contribution in [3.8, 4) is 0 Å². The maximum atomic E-state index is 13.7. The Balaban J connectivity index is 1.69. The molecule has 7 heteroatoms. The van der Waals surface area contributed by atoms with Crippen LogP contribution in [-0.2, 0) is 4.79 Å². The number of rotatable bonds is 5. The lowest BCUT2D eigenvalue weighted by atomic mass is 10.1. The largest absolute Gasteiger partial charge is 0.367 e. The first-order valence-electron chi connectivity index (χ1n) is 7.80. The van der Waals surface area contributed by atoms with E-state index in [2.05, 4.69) is 5.32 Å². The first-order chi connectivity index (χ1) is 12.5. The first kappa shape index (κ1) is 17.9. The molecule has 0 radical (unpaired) electrons. The third-order valence-electron chi connectivity index (χ3n) is 3.80. The van der Waals surface area contributed by atoms with Gasteiger partial charge in [-0.05, 0) is 55.1 Å². The van der Waals surface area contributed by atoms with Crippen molar-refractivity contribution >= 4 is 40.5 Å². The monoisotopic (exact) mass is 370 g/mol. The molecule has 1 aliphatic rings. The van der Waals surface area contributed by atoms with Gasteiger partial charge < -0.3 is 5.32 Å². The van der Waals surface area contributed by atoms with Crippen LogP contribution in [0.3, 0.4) is 0 Å². The molecule has 0 spiro atoms. The molecular weight excluding hydrogens is 355 g/mol. The molecule has 2 aromatic rings.